The van der Waals surface area contributed by atoms with Crippen LogP contribution in [0.15, 0.2) is 48.8 Å². The van der Waals surface area contributed by atoms with Gasteiger partial charge in [0.1, 0.15) is 0 Å². The molecule has 1 heterocycles. The van der Waals surface area contributed by atoms with Crippen LogP contribution in [0, 0.1) is 17.3 Å². The molecule has 5 rings (SSSR count). The first kappa shape index (κ1) is 17.7. The Morgan fingerprint density at radius 1 is 1.25 bits per heavy atom. The van der Waals surface area contributed by atoms with E-state index in [0.29, 0.717) is 17.4 Å². The lowest BCUT2D eigenvalue weighted by atomic mass is 9.54. The highest BCUT2D eigenvalue weighted by Crippen LogP contribution is 2.63. The highest BCUT2D eigenvalue weighted by atomic mass is 16.5. The Bertz CT molecular complexity index is 948. The summed E-state index contributed by atoms with van der Waals surface area (Å²) in [4.78, 5) is 16.3. The molecule has 1 aromatic carbocycles. The molecule has 0 radical (unpaired) electrons. The lowest BCUT2D eigenvalue weighted by molar-refractivity contribution is 0.0600. The number of ether oxygens (including phenoxy) is 1. The van der Waals surface area contributed by atoms with Crippen LogP contribution in [0.25, 0.3) is 5.57 Å². The number of esters is 1. The van der Waals surface area contributed by atoms with Crippen molar-refractivity contribution >= 4 is 11.5 Å². The normalized spacial score (nSPS) is 30.6. The second-order valence-electron chi connectivity index (χ2n) is 8.87. The Morgan fingerprint density at radius 2 is 2.14 bits per heavy atom. The van der Waals surface area contributed by atoms with Crippen molar-refractivity contribution in [3.8, 4) is 0 Å². The number of carbonyl (C=O) groups is 1. The number of fused-ring (bicyclic) bond motifs is 5. The van der Waals surface area contributed by atoms with Gasteiger partial charge in [0.05, 0.1) is 12.7 Å². The van der Waals surface area contributed by atoms with Crippen molar-refractivity contribution < 1.29 is 9.53 Å². The molecule has 3 heteroatoms. The van der Waals surface area contributed by atoms with E-state index in [4.69, 9.17) is 4.74 Å². The Labute approximate surface area is 166 Å². The van der Waals surface area contributed by atoms with E-state index < -0.39 is 0 Å². The van der Waals surface area contributed by atoms with Gasteiger partial charge in [-0.25, -0.2) is 4.79 Å². The molecule has 1 aromatic heterocycles. The molecule has 3 nitrogen and oxygen atoms in total. The zero-order valence-electron chi connectivity index (χ0n) is 16.7. The number of pyridine rings is 1. The van der Waals surface area contributed by atoms with Crippen LogP contribution in [0.5, 0.6) is 0 Å². The van der Waals surface area contributed by atoms with Crippen LogP contribution in [0.2, 0.25) is 0 Å². The Hall–Kier alpha value is -2.42. The summed E-state index contributed by atoms with van der Waals surface area (Å²) in [6.07, 6.45) is 12.3. The number of hydrogen-bond donors (Lipinski definition) is 0. The maximum Gasteiger partial charge on any atom is 0.337 e. The summed E-state index contributed by atoms with van der Waals surface area (Å²) < 4.78 is 4.91. The molecule has 0 amide bonds. The molecule has 0 aliphatic heterocycles. The number of benzene rings is 1. The second-order valence-corrected chi connectivity index (χ2v) is 8.87. The smallest absolute Gasteiger partial charge is 0.337 e. The fraction of sp³-hybridized carbons (Fsp3) is 0.440. The number of carbonyl (C=O) groups excluding carboxylic acids is 1. The maximum atomic E-state index is 11.9. The molecular weight excluding hydrogens is 346 g/mol. The lowest BCUT2D eigenvalue weighted by Gasteiger charge is -2.50. The number of methoxy groups -OCH3 is 1. The van der Waals surface area contributed by atoms with Crippen molar-refractivity contribution in [2.24, 2.45) is 17.3 Å². The average molecular weight is 373 g/mol. The van der Waals surface area contributed by atoms with Crippen molar-refractivity contribution in [3.63, 3.8) is 0 Å². The molecule has 0 saturated heterocycles. The van der Waals surface area contributed by atoms with E-state index in [1.807, 2.05) is 24.5 Å². The van der Waals surface area contributed by atoms with Crippen LogP contribution in [0.1, 0.15) is 65.6 Å². The fourth-order valence-corrected chi connectivity index (χ4v) is 6.36. The predicted octanol–water partition coefficient (Wildman–Crippen LogP) is 5.42. The molecule has 28 heavy (non-hydrogen) atoms. The van der Waals surface area contributed by atoms with Crippen molar-refractivity contribution in [2.45, 2.75) is 44.9 Å². The van der Waals surface area contributed by atoms with Crippen LogP contribution < -0.4 is 0 Å². The average Bonchev–Trinajstić information content (AvgIpc) is 3.10. The van der Waals surface area contributed by atoms with Gasteiger partial charge in [0, 0.05) is 12.4 Å². The predicted molar refractivity (Wildman–Crippen MR) is 110 cm³/mol. The van der Waals surface area contributed by atoms with Gasteiger partial charge in [0.15, 0.2) is 0 Å². The Morgan fingerprint density at radius 3 is 2.93 bits per heavy atom. The number of aryl methyl sites for hydroxylation is 1. The monoisotopic (exact) mass is 373 g/mol. The standard InChI is InChI=1S/C25H27NO2/c1-25-12-11-20-19-7-6-17(24(27)28-2)14-16(19)5-8-21(20)23(25)10-9-22(25)18-4-3-13-26-15-18/h3-4,6-7,9,13-15,20-21,23H,5,8,10-12H2,1-2H3. The zero-order chi connectivity index (χ0) is 19.3. The summed E-state index contributed by atoms with van der Waals surface area (Å²) in [7, 11) is 1.45. The van der Waals surface area contributed by atoms with E-state index in [2.05, 4.69) is 36.2 Å². The molecular formula is C25H27NO2. The van der Waals surface area contributed by atoms with Crippen LogP contribution in [0.4, 0.5) is 0 Å². The van der Waals surface area contributed by atoms with E-state index in [0.717, 1.165) is 12.3 Å². The summed E-state index contributed by atoms with van der Waals surface area (Å²) in [5, 5.41) is 0. The minimum atomic E-state index is -0.234. The maximum absolute atomic E-state index is 11.9. The second kappa shape index (κ2) is 6.58. The summed E-state index contributed by atoms with van der Waals surface area (Å²) in [6.45, 7) is 2.48. The van der Waals surface area contributed by atoms with E-state index in [-0.39, 0.29) is 11.4 Å². The number of rotatable bonds is 2. The summed E-state index contributed by atoms with van der Waals surface area (Å²) in [5.41, 5.74) is 6.57. The number of aromatic nitrogens is 1. The first-order valence-corrected chi connectivity index (χ1v) is 10.4. The van der Waals surface area contributed by atoms with Gasteiger partial charge in [-0.1, -0.05) is 25.1 Å². The van der Waals surface area contributed by atoms with Crippen molar-refractivity contribution in [1.82, 2.24) is 4.98 Å². The van der Waals surface area contributed by atoms with Crippen molar-refractivity contribution in [3.05, 3.63) is 71.1 Å². The number of allylic oxidation sites excluding steroid dienone is 2. The molecule has 0 spiro atoms. The molecule has 3 aliphatic carbocycles. The van der Waals surface area contributed by atoms with Crippen LogP contribution >= 0.6 is 0 Å². The summed E-state index contributed by atoms with van der Waals surface area (Å²) in [5.74, 6) is 1.81. The van der Waals surface area contributed by atoms with E-state index in [1.54, 1.807) is 0 Å². The zero-order valence-corrected chi connectivity index (χ0v) is 16.7. The van der Waals surface area contributed by atoms with Crippen molar-refractivity contribution in [1.29, 1.82) is 0 Å². The van der Waals surface area contributed by atoms with Gasteiger partial charge in [-0.05, 0) is 95.7 Å². The Balaban J connectivity index is 1.45. The van der Waals surface area contributed by atoms with Gasteiger partial charge < -0.3 is 4.74 Å². The van der Waals surface area contributed by atoms with Gasteiger partial charge in [-0.3, -0.25) is 4.98 Å². The SMILES string of the molecule is COC(=O)c1ccc2c(c1)CCC1C2CCC2(C)C(c3cccnc3)=CCC12. The quantitative estimate of drug-likeness (QED) is 0.660. The first-order chi connectivity index (χ1) is 13.6. The third kappa shape index (κ3) is 2.56. The molecule has 144 valence electrons. The summed E-state index contributed by atoms with van der Waals surface area (Å²) in [6, 6.07) is 10.5. The highest BCUT2D eigenvalue weighted by molar-refractivity contribution is 5.89. The molecule has 1 saturated carbocycles. The third-order valence-electron chi connectivity index (χ3n) is 7.70. The Kier molecular flexibility index (Phi) is 4.15. The fourth-order valence-electron chi connectivity index (χ4n) is 6.36. The van der Waals surface area contributed by atoms with Gasteiger partial charge in [0.2, 0.25) is 0 Å². The lowest BCUT2D eigenvalue weighted by Crippen LogP contribution is -2.41. The molecule has 4 atom stereocenters. The minimum Gasteiger partial charge on any atom is -0.465 e. The highest BCUT2D eigenvalue weighted by Gasteiger charge is 2.51. The number of hydrogen-bond acceptors (Lipinski definition) is 3. The van der Waals surface area contributed by atoms with Crippen LogP contribution in [0.3, 0.4) is 0 Å². The summed E-state index contributed by atoms with van der Waals surface area (Å²) >= 11 is 0. The van der Waals surface area contributed by atoms with Gasteiger partial charge in [-0.15, -0.1) is 0 Å². The minimum absolute atomic E-state index is 0.234. The molecule has 2 aromatic rings. The van der Waals surface area contributed by atoms with E-state index >= 15 is 0 Å². The molecule has 0 N–H and O–H groups in total. The molecule has 4 unspecified atom stereocenters. The van der Waals surface area contributed by atoms with Gasteiger partial charge >= 0.3 is 5.97 Å². The van der Waals surface area contributed by atoms with E-state index in [9.17, 15) is 4.79 Å². The third-order valence-corrected chi connectivity index (χ3v) is 7.70. The van der Waals surface area contributed by atoms with Crippen molar-refractivity contribution in [2.75, 3.05) is 7.11 Å². The van der Waals surface area contributed by atoms with E-state index in [1.165, 1.54) is 55.1 Å². The molecule has 3 aliphatic rings. The van der Waals surface area contributed by atoms with Crippen LogP contribution in [-0.2, 0) is 11.2 Å². The number of nitrogens with zero attached hydrogens (tertiary/aromatic N) is 1. The van der Waals surface area contributed by atoms with Gasteiger partial charge in [-0.2, -0.15) is 0 Å². The topological polar surface area (TPSA) is 39.2 Å². The largest absolute Gasteiger partial charge is 0.465 e. The molecule has 1 fully saturated rings. The molecule has 0 bridgehead atoms. The first-order valence-electron chi connectivity index (χ1n) is 10.4. The van der Waals surface area contributed by atoms with Crippen LogP contribution in [-0.4, -0.2) is 18.1 Å². The van der Waals surface area contributed by atoms with Gasteiger partial charge in [0.25, 0.3) is 0 Å².